The number of benzene rings is 1. The first-order valence-electron chi connectivity index (χ1n) is 6.81. The summed E-state index contributed by atoms with van der Waals surface area (Å²) in [4.78, 5) is 10.5. The van der Waals surface area contributed by atoms with E-state index < -0.39 is 4.92 Å². The third kappa shape index (κ3) is 3.60. The van der Waals surface area contributed by atoms with Gasteiger partial charge < -0.3 is 14.7 Å². The number of anilines is 1. The van der Waals surface area contributed by atoms with Crippen molar-refractivity contribution in [2.75, 3.05) is 19.5 Å². The zero-order chi connectivity index (χ0) is 17.0. The monoisotopic (exact) mass is 320 g/mol. The van der Waals surface area contributed by atoms with Gasteiger partial charge in [0, 0.05) is 11.6 Å². The SMILES string of the molecule is COc1ccc(CNc2cc([N+](=O)[O-])c(C)c[n+]2O)c(OC)c1. The number of aromatic nitrogens is 1. The van der Waals surface area contributed by atoms with Gasteiger partial charge in [-0.3, -0.25) is 15.4 Å². The van der Waals surface area contributed by atoms with Crippen LogP contribution in [0.5, 0.6) is 11.5 Å². The minimum Gasteiger partial charge on any atom is -0.497 e. The Bertz CT molecular complexity index is 733. The highest BCUT2D eigenvalue weighted by Gasteiger charge is 2.20. The molecule has 0 amide bonds. The molecule has 0 aliphatic heterocycles. The number of hydrogen-bond donors (Lipinski definition) is 2. The van der Waals surface area contributed by atoms with E-state index in [-0.39, 0.29) is 11.5 Å². The van der Waals surface area contributed by atoms with Gasteiger partial charge in [-0.05, 0) is 19.1 Å². The second-order valence-electron chi connectivity index (χ2n) is 4.86. The lowest BCUT2D eigenvalue weighted by molar-refractivity contribution is -0.894. The van der Waals surface area contributed by atoms with Gasteiger partial charge in [-0.25, -0.2) is 0 Å². The Morgan fingerprint density at radius 2 is 2.04 bits per heavy atom. The van der Waals surface area contributed by atoms with Crippen LogP contribution in [0.4, 0.5) is 11.5 Å². The molecule has 2 N–H and O–H groups in total. The van der Waals surface area contributed by atoms with Crippen LogP contribution in [0.3, 0.4) is 0 Å². The van der Waals surface area contributed by atoms with Gasteiger partial charge in [0.2, 0.25) is 0 Å². The number of pyridine rings is 1. The maximum atomic E-state index is 11.0. The minimum absolute atomic E-state index is 0.0699. The van der Waals surface area contributed by atoms with Crippen molar-refractivity contribution >= 4 is 11.5 Å². The van der Waals surface area contributed by atoms with Gasteiger partial charge in [0.1, 0.15) is 30.3 Å². The van der Waals surface area contributed by atoms with Crippen molar-refractivity contribution < 1.29 is 24.3 Å². The predicted molar refractivity (Wildman–Crippen MR) is 82.1 cm³/mol. The molecule has 0 saturated heterocycles. The molecule has 23 heavy (non-hydrogen) atoms. The smallest absolute Gasteiger partial charge is 0.321 e. The van der Waals surface area contributed by atoms with Crippen molar-refractivity contribution in [3.63, 3.8) is 0 Å². The van der Waals surface area contributed by atoms with Crippen LogP contribution < -0.4 is 19.5 Å². The van der Waals surface area contributed by atoms with Crippen LogP contribution >= 0.6 is 0 Å². The van der Waals surface area contributed by atoms with Crippen molar-refractivity contribution in [3.8, 4) is 11.5 Å². The molecule has 0 radical (unpaired) electrons. The van der Waals surface area contributed by atoms with Gasteiger partial charge in [-0.15, -0.1) is 0 Å². The molecule has 0 aliphatic carbocycles. The molecule has 8 nitrogen and oxygen atoms in total. The van der Waals surface area contributed by atoms with E-state index >= 15 is 0 Å². The quantitative estimate of drug-likeness (QED) is 0.366. The van der Waals surface area contributed by atoms with Crippen molar-refractivity contribution in [2.45, 2.75) is 13.5 Å². The Morgan fingerprint density at radius 1 is 1.30 bits per heavy atom. The van der Waals surface area contributed by atoms with Crippen LogP contribution in [0, 0.1) is 17.0 Å². The largest absolute Gasteiger partial charge is 0.497 e. The topological polar surface area (TPSA) is 97.7 Å². The van der Waals surface area contributed by atoms with Gasteiger partial charge in [0.15, 0.2) is 0 Å². The second kappa shape index (κ2) is 6.82. The Kier molecular flexibility index (Phi) is 4.85. The normalized spacial score (nSPS) is 10.2. The molecule has 122 valence electrons. The van der Waals surface area contributed by atoms with Crippen LogP contribution in [-0.2, 0) is 6.54 Å². The fraction of sp³-hybridized carbons (Fsp3) is 0.267. The van der Waals surface area contributed by atoms with Gasteiger partial charge in [-0.2, -0.15) is 0 Å². The summed E-state index contributed by atoms with van der Waals surface area (Å²) >= 11 is 0. The summed E-state index contributed by atoms with van der Waals surface area (Å²) in [5, 5.41) is 23.8. The predicted octanol–water partition coefficient (Wildman–Crippen LogP) is 2.06. The summed E-state index contributed by atoms with van der Waals surface area (Å²) in [5.41, 5.74) is 1.11. The summed E-state index contributed by atoms with van der Waals surface area (Å²) in [6.45, 7) is 1.87. The molecule has 1 heterocycles. The van der Waals surface area contributed by atoms with Gasteiger partial charge in [0.05, 0.1) is 24.7 Å². The van der Waals surface area contributed by atoms with Gasteiger partial charge >= 0.3 is 5.82 Å². The molecular formula is C15H18N3O5+. The third-order valence-electron chi connectivity index (χ3n) is 3.39. The molecule has 0 atom stereocenters. The van der Waals surface area contributed by atoms with E-state index in [0.717, 1.165) is 10.3 Å². The average molecular weight is 320 g/mol. The fourth-order valence-electron chi connectivity index (χ4n) is 2.14. The number of hydrogen-bond acceptors (Lipinski definition) is 6. The molecule has 0 spiro atoms. The molecule has 0 bridgehead atoms. The van der Waals surface area contributed by atoms with Crippen LogP contribution in [0.2, 0.25) is 0 Å². The summed E-state index contributed by atoms with van der Waals surface area (Å²) < 4.78 is 11.2. The maximum absolute atomic E-state index is 11.0. The van der Waals surface area contributed by atoms with E-state index in [4.69, 9.17) is 9.47 Å². The number of nitrogens with zero attached hydrogens (tertiary/aromatic N) is 2. The molecular weight excluding hydrogens is 302 g/mol. The highest BCUT2D eigenvalue weighted by molar-refractivity contribution is 5.47. The number of nitro groups is 1. The molecule has 2 aromatic rings. The number of rotatable bonds is 6. The first-order chi connectivity index (χ1) is 11.0. The first kappa shape index (κ1) is 16.3. The van der Waals surface area contributed by atoms with Gasteiger partial charge in [-0.1, -0.05) is 4.73 Å². The zero-order valence-corrected chi connectivity index (χ0v) is 13.1. The second-order valence-corrected chi connectivity index (χ2v) is 4.86. The molecule has 2 rings (SSSR count). The summed E-state index contributed by atoms with van der Waals surface area (Å²) in [6.07, 6.45) is 1.28. The van der Waals surface area contributed by atoms with E-state index in [2.05, 4.69) is 5.32 Å². The molecule has 0 unspecified atom stereocenters. The molecule has 0 aliphatic rings. The van der Waals surface area contributed by atoms with E-state index in [0.29, 0.717) is 23.6 Å². The standard InChI is InChI=1S/C15H17N3O5/c1-10-9-17(19)15(7-13(10)18(20)21)16-8-11-4-5-12(22-2)6-14(11)23-3/h4-7,9,19H,8H2,1-3H3/p+1. The molecule has 8 heteroatoms. The number of methoxy groups -OCH3 is 2. The highest BCUT2D eigenvalue weighted by atomic mass is 16.6. The Morgan fingerprint density at radius 3 is 2.65 bits per heavy atom. The molecule has 1 aromatic carbocycles. The van der Waals surface area contributed by atoms with Crippen molar-refractivity contribution in [3.05, 3.63) is 51.7 Å². The van der Waals surface area contributed by atoms with E-state index in [1.54, 1.807) is 33.3 Å². The zero-order valence-electron chi connectivity index (χ0n) is 13.1. The van der Waals surface area contributed by atoms with E-state index in [9.17, 15) is 15.3 Å². The van der Waals surface area contributed by atoms with Crippen molar-refractivity contribution in [2.24, 2.45) is 0 Å². The lowest BCUT2D eigenvalue weighted by Gasteiger charge is -2.09. The summed E-state index contributed by atoms with van der Waals surface area (Å²) in [5.74, 6) is 1.48. The fourth-order valence-corrected chi connectivity index (χ4v) is 2.14. The number of ether oxygens (including phenoxy) is 2. The summed E-state index contributed by atoms with van der Waals surface area (Å²) in [6, 6.07) is 6.62. The van der Waals surface area contributed by atoms with Gasteiger partial charge in [0.25, 0.3) is 5.69 Å². The molecule has 0 fully saturated rings. The van der Waals surface area contributed by atoms with E-state index in [1.165, 1.54) is 12.3 Å². The van der Waals surface area contributed by atoms with E-state index in [1.807, 2.05) is 6.07 Å². The average Bonchev–Trinajstić information content (AvgIpc) is 2.53. The molecule has 1 aromatic heterocycles. The molecule has 0 saturated carbocycles. The van der Waals surface area contributed by atoms with Crippen molar-refractivity contribution in [1.82, 2.24) is 0 Å². The minimum atomic E-state index is -0.492. The van der Waals surface area contributed by atoms with Crippen molar-refractivity contribution in [1.29, 1.82) is 0 Å². The Balaban J connectivity index is 2.24. The maximum Gasteiger partial charge on any atom is 0.321 e. The van der Waals surface area contributed by atoms with Crippen LogP contribution in [0.15, 0.2) is 30.5 Å². The van der Waals surface area contributed by atoms with Crippen LogP contribution in [0.1, 0.15) is 11.1 Å². The number of aryl methyl sites for hydroxylation is 1. The highest BCUT2D eigenvalue weighted by Crippen LogP contribution is 2.25. The summed E-state index contributed by atoms with van der Waals surface area (Å²) in [7, 11) is 3.11. The first-order valence-corrected chi connectivity index (χ1v) is 6.81. The van der Waals surface area contributed by atoms with Crippen LogP contribution in [-0.4, -0.2) is 24.4 Å². The number of nitrogens with one attached hydrogen (secondary N) is 1. The Hall–Kier alpha value is -3.03. The Labute approximate surface area is 133 Å². The lowest BCUT2D eigenvalue weighted by Crippen LogP contribution is -2.34. The third-order valence-corrected chi connectivity index (χ3v) is 3.39. The van der Waals surface area contributed by atoms with Crippen LogP contribution in [0.25, 0.3) is 0 Å². The lowest BCUT2D eigenvalue weighted by atomic mass is 10.2.